The van der Waals surface area contributed by atoms with Gasteiger partial charge in [0, 0.05) is 33.9 Å². The largest absolute Gasteiger partial charge is 0.374 e. The third-order valence-corrected chi connectivity index (χ3v) is 4.97. The normalized spacial score (nSPS) is 27.2. The Hall–Kier alpha value is 0.1000. The number of thiophene rings is 1. The Morgan fingerprint density at radius 1 is 1.69 bits per heavy atom. The van der Waals surface area contributed by atoms with E-state index in [0.29, 0.717) is 6.04 Å². The van der Waals surface area contributed by atoms with Crippen LogP contribution in [0.1, 0.15) is 37.6 Å². The predicted octanol–water partition coefficient (Wildman–Crippen LogP) is 3.73. The smallest absolute Gasteiger partial charge is 0.0779 e. The quantitative estimate of drug-likeness (QED) is 0.915. The van der Waals surface area contributed by atoms with Gasteiger partial charge in [-0.2, -0.15) is 0 Å². The minimum absolute atomic E-state index is 0.0444. The standard InChI is InChI=1S/C12H18BrNOS/c1-9(11-6-10(13)7-16-11)14-8-12(2)4-3-5-15-12/h6-7,9,14H,3-5,8H2,1-2H3. The molecule has 1 saturated heterocycles. The lowest BCUT2D eigenvalue weighted by Gasteiger charge is -2.25. The van der Waals surface area contributed by atoms with E-state index in [-0.39, 0.29) is 5.60 Å². The molecule has 1 aromatic rings. The van der Waals surface area contributed by atoms with Crippen LogP contribution in [0.15, 0.2) is 15.9 Å². The summed E-state index contributed by atoms with van der Waals surface area (Å²) in [6, 6.07) is 2.58. The first-order chi connectivity index (χ1) is 7.59. The van der Waals surface area contributed by atoms with Gasteiger partial charge in [-0.25, -0.2) is 0 Å². The first-order valence-corrected chi connectivity index (χ1v) is 7.38. The van der Waals surface area contributed by atoms with E-state index in [1.54, 1.807) is 11.3 Å². The minimum atomic E-state index is 0.0444. The number of hydrogen-bond donors (Lipinski definition) is 1. The van der Waals surface area contributed by atoms with Gasteiger partial charge < -0.3 is 10.1 Å². The van der Waals surface area contributed by atoms with Gasteiger partial charge in [-0.1, -0.05) is 0 Å². The molecule has 2 atom stereocenters. The Morgan fingerprint density at radius 2 is 2.50 bits per heavy atom. The highest BCUT2D eigenvalue weighted by Crippen LogP contribution is 2.28. The van der Waals surface area contributed by atoms with Crippen molar-refractivity contribution in [3.63, 3.8) is 0 Å². The second-order valence-electron chi connectivity index (χ2n) is 4.67. The van der Waals surface area contributed by atoms with Crippen molar-refractivity contribution >= 4 is 27.3 Å². The third kappa shape index (κ3) is 3.06. The van der Waals surface area contributed by atoms with E-state index in [0.717, 1.165) is 13.2 Å². The molecule has 2 unspecified atom stereocenters. The molecule has 1 aromatic heterocycles. The maximum atomic E-state index is 5.76. The maximum Gasteiger partial charge on any atom is 0.0779 e. The summed E-state index contributed by atoms with van der Waals surface area (Å²) >= 11 is 5.28. The molecule has 0 aromatic carbocycles. The van der Waals surface area contributed by atoms with Crippen LogP contribution in [-0.4, -0.2) is 18.8 Å². The zero-order valence-corrected chi connectivity index (χ0v) is 12.2. The first-order valence-electron chi connectivity index (χ1n) is 5.70. The second kappa shape index (κ2) is 5.17. The Kier molecular flexibility index (Phi) is 4.06. The first kappa shape index (κ1) is 12.6. The fourth-order valence-corrected chi connectivity index (χ4v) is 3.48. The summed E-state index contributed by atoms with van der Waals surface area (Å²) in [5.41, 5.74) is 0.0444. The zero-order chi connectivity index (χ0) is 11.6. The van der Waals surface area contributed by atoms with Gasteiger partial charge in [0.15, 0.2) is 0 Å². The molecule has 1 aliphatic rings. The molecule has 16 heavy (non-hydrogen) atoms. The molecule has 2 rings (SSSR count). The molecule has 4 heteroatoms. The molecule has 1 aliphatic heterocycles. The summed E-state index contributed by atoms with van der Waals surface area (Å²) < 4.78 is 6.93. The van der Waals surface area contributed by atoms with Crippen molar-refractivity contribution in [2.45, 2.75) is 38.3 Å². The fraction of sp³-hybridized carbons (Fsp3) is 0.667. The van der Waals surface area contributed by atoms with Crippen molar-refractivity contribution in [2.75, 3.05) is 13.2 Å². The number of halogens is 1. The maximum absolute atomic E-state index is 5.76. The third-order valence-electron chi connectivity index (χ3n) is 3.10. The SMILES string of the molecule is CC(NCC1(C)CCCO1)c1cc(Br)cs1. The molecule has 0 amide bonds. The van der Waals surface area contributed by atoms with Gasteiger partial charge in [-0.3, -0.25) is 0 Å². The molecule has 1 fully saturated rings. The Morgan fingerprint density at radius 3 is 3.06 bits per heavy atom. The van der Waals surface area contributed by atoms with Crippen LogP contribution < -0.4 is 5.32 Å². The lowest BCUT2D eigenvalue weighted by molar-refractivity contribution is 0.0192. The Bertz CT molecular complexity index is 347. The van der Waals surface area contributed by atoms with Gasteiger partial charge in [-0.15, -0.1) is 11.3 Å². The van der Waals surface area contributed by atoms with Crippen LogP contribution in [-0.2, 0) is 4.74 Å². The second-order valence-corrected chi connectivity index (χ2v) is 6.53. The van der Waals surface area contributed by atoms with Gasteiger partial charge in [0.1, 0.15) is 0 Å². The summed E-state index contributed by atoms with van der Waals surface area (Å²) in [6.45, 7) is 6.25. The summed E-state index contributed by atoms with van der Waals surface area (Å²) in [7, 11) is 0. The molecule has 1 N–H and O–H groups in total. The van der Waals surface area contributed by atoms with Gasteiger partial charge in [0.25, 0.3) is 0 Å². The average molecular weight is 304 g/mol. The Labute approximate surface area is 110 Å². The van der Waals surface area contributed by atoms with Crippen LogP contribution in [0.4, 0.5) is 0 Å². The molecule has 0 spiro atoms. The topological polar surface area (TPSA) is 21.3 Å². The van der Waals surface area contributed by atoms with Crippen molar-refractivity contribution in [1.29, 1.82) is 0 Å². The number of rotatable bonds is 4. The highest BCUT2D eigenvalue weighted by Gasteiger charge is 2.29. The molecule has 2 nitrogen and oxygen atoms in total. The highest BCUT2D eigenvalue weighted by atomic mass is 79.9. The molecule has 0 aliphatic carbocycles. The molecule has 0 radical (unpaired) electrons. The van der Waals surface area contributed by atoms with Crippen LogP contribution in [0, 0.1) is 0 Å². The summed E-state index contributed by atoms with van der Waals surface area (Å²) in [4.78, 5) is 1.37. The lowest BCUT2D eigenvalue weighted by Crippen LogP contribution is -2.38. The Balaban J connectivity index is 1.86. The highest BCUT2D eigenvalue weighted by molar-refractivity contribution is 9.10. The van der Waals surface area contributed by atoms with E-state index in [1.165, 1.54) is 22.2 Å². The van der Waals surface area contributed by atoms with Crippen molar-refractivity contribution < 1.29 is 4.74 Å². The predicted molar refractivity (Wildman–Crippen MR) is 72.0 cm³/mol. The molecular formula is C12H18BrNOS. The van der Waals surface area contributed by atoms with E-state index in [1.807, 2.05) is 0 Å². The number of ether oxygens (including phenoxy) is 1. The van der Waals surface area contributed by atoms with Crippen LogP contribution in [0.2, 0.25) is 0 Å². The summed E-state index contributed by atoms with van der Waals surface area (Å²) in [5, 5.41) is 5.69. The van der Waals surface area contributed by atoms with Gasteiger partial charge in [0.2, 0.25) is 0 Å². The molecule has 2 heterocycles. The van der Waals surface area contributed by atoms with Crippen molar-refractivity contribution in [2.24, 2.45) is 0 Å². The van der Waals surface area contributed by atoms with E-state index in [2.05, 4.69) is 46.5 Å². The van der Waals surface area contributed by atoms with Crippen molar-refractivity contribution in [1.82, 2.24) is 5.32 Å². The molecule has 90 valence electrons. The molecular weight excluding hydrogens is 286 g/mol. The van der Waals surface area contributed by atoms with Crippen LogP contribution in [0.3, 0.4) is 0 Å². The van der Waals surface area contributed by atoms with Crippen LogP contribution in [0.5, 0.6) is 0 Å². The van der Waals surface area contributed by atoms with E-state index >= 15 is 0 Å². The lowest BCUT2D eigenvalue weighted by atomic mass is 10.0. The van der Waals surface area contributed by atoms with Gasteiger partial charge >= 0.3 is 0 Å². The summed E-state index contributed by atoms with van der Waals surface area (Å²) in [6.07, 6.45) is 2.36. The van der Waals surface area contributed by atoms with E-state index in [4.69, 9.17) is 4.74 Å². The minimum Gasteiger partial charge on any atom is -0.374 e. The van der Waals surface area contributed by atoms with Gasteiger partial charge in [-0.05, 0) is 48.7 Å². The van der Waals surface area contributed by atoms with Crippen molar-refractivity contribution in [3.05, 3.63) is 20.8 Å². The number of hydrogen-bond acceptors (Lipinski definition) is 3. The van der Waals surface area contributed by atoms with Gasteiger partial charge in [0.05, 0.1) is 5.60 Å². The fourth-order valence-electron chi connectivity index (χ4n) is 2.00. The summed E-state index contributed by atoms with van der Waals surface area (Å²) in [5.74, 6) is 0. The average Bonchev–Trinajstić information content (AvgIpc) is 2.85. The molecule has 0 bridgehead atoms. The van der Waals surface area contributed by atoms with Crippen molar-refractivity contribution in [3.8, 4) is 0 Å². The van der Waals surface area contributed by atoms with E-state index < -0.39 is 0 Å². The number of nitrogens with one attached hydrogen (secondary N) is 1. The monoisotopic (exact) mass is 303 g/mol. The zero-order valence-electron chi connectivity index (χ0n) is 9.75. The molecule has 0 saturated carbocycles. The van der Waals surface area contributed by atoms with Crippen LogP contribution in [0.25, 0.3) is 0 Å². The van der Waals surface area contributed by atoms with Crippen LogP contribution >= 0.6 is 27.3 Å². The van der Waals surface area contributed by atoms with E-state index in [9.17, 15) is 0 Å².